The minimum atomic E-state index is -0.0219. The van der Waals surface area contributed by atoms with Crippen LogP contribution in [-0.2, 0) is 13.1 Å². The van der Waals surface area contributed by atoms with Gasteiger partial charge in [-0.3, -0.25) is 9.78 Å². The van der Waals surface area contributed by atoms with E-state index in [1.54, 1.807) is 10.8 Å². The van der Waals surface area contributed by atoms with Gasteiger partial charge in [-0.1, -0.05) is 11.2 Å². The van der Waals surface area contributed by atoms with Crippen molar-refractivity contribution in [3.63, 3.8) is 0 Å². The lowest BCUT2D eigenvalue weighted by atomic mass is 10.2. The number of pyridine rings is 2. The highest BCUT2D eigenvalue weighted by Gasteiger charge is 2.13. The molecule has 0 aromatic carbocycles. The van der Waals surface area contributed by atoms with Crippen LogP contribution in [0.1, 0.15) is 22.6 Å². The third-order valence-electron chi connectivity index (χ3n) is 4.48. The van der Waals surface area contributed by atoms with Crippen LogP contribution in [0.15, 0.2) is 58.4 Å². The molecule has 0 aliphatic carbocycles. The summed E-state index contributed by atoms with van der Waals surface area (Å²) in [5, 5.41) is 4.90. The van der Waals surface area contributed by atoms with E-state index in [-0.39, 0.29) is 5.56 Å². The van der Waals surface area contributed by atoms with Crippen molar-refractivity contribution in [2.75, 3.05) is 0 Å². The largest absolute Gasteiger partial charge is 0.361 e. The number of fused-ring (bicyclic) bond motifs is 1. The molecule has 0 fully saturated rings. The lowest BCUT2D eigenvalue weighted by Gasteiger charge is -2.09. The van der Waals surface area contributed by atoms with E-state index in [0.717, 1.165) is 28.0 Å². The Morgan fingerprint density at radius 1 is 1.08 bits per heavy atom. The van der Waals surface area contributed by atoms with Crippen molar-refractivity contribution < 1.29 is 4.52 Å². The second-order valence-corrected chi connectivity index (χ2v) is 6.16. The number of aryl methyl sites for hydroxylation is 2. The van der Waals surface area contributed by atoms with Gasteiger partial charge in [0.1, 0.15) is 11.3 Å². The summed E-state index contributed by atoms with van der Waals surface area (Å²) in [5.74, 6) is 0.746. The number of rotatable bonds is 4. The predicted molar refractivity (Wildman–Crippen MR) is 94.6 cm³/mol. The first-order chi connectivity index (χ1) is 12.1. The summed E-state index contributed by atoms with van der Waals surface area (Å²) < 4.78 is 8.88. The van der Waals surface area contributed by atoms with Gasteiger partial charge < -0.3 is 13.7 Å². The molecule has 4 rings (SSSR count). The van der Waals surface area contributed by atoms with Crippen LogP contribution in [0.2, 0.25) is 0 Å². The SMILES string of the molecule is Cc1noc(C)c1Cn1ccc2ccn(Cc3cccnc3)c2c1=O. The van der Waals surface area contributed by atoms with E-state index in [1.807, 2.05) is 61.3 Å². The van der Waals surface area contributed by atoms with E-state index in [2.05, 4.69) is 10.1 Å². The van der Waals surface area contributed by atoms with E-state index in [1.165, 1.54) is 0 Å². The summed E-state index contributed by atoms with van der Waals surface area (Å²) in [5.41, 5.74) is 3.49. The van der Waals surface area contributed by atoms with Gasteiger partial charge in [-0.25, -0.2) is 0 Å². The monoisotopic (exact) mass is 334 g/mol. The number of hydrogen-bond acceptors (Lipinski definition) is 4. The first-order valence-corrected chi connectivity index (χ1v) is 8.12. The summed E-state index contributed by atoms with van der Waals surface area (Å²) >= 11 is 0. The Kier molecular flexibility index (Phi) is 3.72. The number of nitrogens with zero attached hydrogens (tertiary/aromatic N) is 4. The first kappa shape index (κ1) is 15.4. The standard InChI is InChI=1S/C19H18N4O2/c1-13-17(14(2)25-21-13)12-23-9-6-16-5-8-22(18(16)19(23)24)11-15-4-3-7-20-10-15/h3-10H,11-12H2,1-2H3. The lowest BCUT2D eigenvalue weighted by Crippen LogP contribution is -2.22. The number of hydrogen-bond donors (Lipinski definition) is 0. The highest BCUT2D eigenvalue weighted by Crippen LogP contribution is 2.16. The van der Waals surface area contributed by atoms with Crippen molar-refractivity contribution in [3.8, 4) is 0 Å². The average molecular weight is 334 g/mol. The molecule has 25 heavy (non-hydrogen) atoms. The minimum absolute atomic E-state index is 0.0219. The van der Waals surface area contributed by atoms with Gasteiger partial charge in [0.2, 0.25) is 0 Å². The van der Waals surface area contributed by atoms with Crippen LogP contribution in [0.5, 0.6) is 0 Å². The second kappa shape index (κ2) is 6.05. The van der Waals surface area contributed by atoms with Crippen molar-refractivity contribution in [2.24, 2.45) is 0 Å². The normalized spacial score (nSPS) is 11.3. The zero-order valence-corrected chi connectivity index (χ0v) is 14.1. The molecule has 6 nitrogen and oxygen atoms in total. The van der Waals surface area contributed by atoms with Gasteiger partial charge in [0, 0.05) is 42.3 Å². The lowest BCUT2D eigenvalue weighted by molar-refractivity contribution is 0.392. The molecule has 4 heterocycles. The van der Waals surface area contributed by atoms with Crippen molar-refractivity contribution >= 4 is 10.9 Å². The molecule has 4 aromatic rings. The molecule has 0 bridgehead atoms. The fraction of sp³-hybridized carbons (Fsp3) is 0.211. The van der Waals surface area contributed by atoms with Crippen LogP contribution in [0.25, 0.3) is 10.9 Å². The topological polar surface area (TPSA) is 65.8 Å². The Labute approximate surface area is 144 Å². The zero-order chi connectivity index (χ0) is 17.4. The van der Waals surface area contributed by atoms with Crippen LogP contribution in [0, 0.1) is 13.8 Å². The van der Waals surface area contributed by atoms with E-state index in [9.17, 15) is 4.79 Å². The Hall–Kier alpha value is -3.15. The van der Waals surface area contributed by atoms with Crippen LogP contribution >= 0.6 is 0 Å². The Morgan fingerprint density at radius 3 is 2.56 bits per heavy atom. The van der Waals surface area contributed by atoms with Gasteiger partial charge in [-0.05, 0) is 37.6 Å². The molecule has 0 saturated carbocycles. The van der Waals surface area contributed by atoms with Crippen molar-refractivity contribution in [3.05, 3.63) is 82.0 Å². The maximum absolute atomic E-state index is 13.0. The number of aromatic nitrogens is 4. The smallest absolute Gasteiger partial charge is 0.275 e. The Morgan fingerprint density at radius 2 is 1.88 bits per heavy atom. The average Bonchev–Trinajstić information content (AvgIpc) is 3.16. The third-order valence-corrected chi connectivity index (χ3v) is 4.48. The molecule has 4 aromatic heterocycles. The molecule has 126 valence electrons. The highest BCUT2D eigenvalue weighted by molar-refractivity contribution is 5.79. The Balaban J connectivity index is 1.77. The predicted octanol–water partition coefficient (Wildman–Crippen LogP) is 2.90. The summed E-state index contributed by atoms with van der Waals surface area (Å²) in [4.78, 5) is 17.2. The molecule has 0 saturated heterocycles. The summed E-state index contributed by atoms with van der Waals surface area (Å²) in [6.07, 6.45) is 7.33. The fourth-order valence-corrected chi connectivity index (χ4v) is 3.09. The molecule has 0 atom stereocenters. The van der Waals surface area contributed by atoms with Crippen LogP contribution in [0.4, 0.5) is 0 Å². The quantitative estimate of drug-likeness (QED) is 0.575. The van der Waals surface area contributed by atoms with Crippen LogP contribution in [0.3, 0.4) is 0 Å². The fourth-order valence-electron chi connectivity index (χ4n) is 3.09. The van der Waals surface area contributed by atoms with Gasteiger partial charge in [0.25, 0.3) is 5.56 Å². The first-order valence-electron chi connectivity index (χ1n) is 8.12. The van der Waals surface area contributed by atoms with Crippen molar-refractivity contribution in [2.45, 2.75) is 26.9 Å². The van der Waals surface area contributed by atoms with E-state index >= 15 is 0 Å². The van der Waals surface area contributed by atoms with Gasteiger partial charge in [0.15, 0.2) is 0 Å². The van der Waals surface area contributed by atoms with Gasteiger partial charge in [-0.2, -0.15) is 0 Å². The summed E-state index contributed by atoms with van der Waals surface area (Å²) in [7, 11) is 0. The molecular weight excluding hydrogens is 316 g/mol. The molecule has 0 spiro atoms. The van der Waals surface area contributed by atoms with Crippen molar-refractivity contribution in [1.29, 1.82) is 0 Å². The second-order valence-electron chi connectivity index (χ2n) is 6.16. The highest BCUT2D eigenvalue weighted by atomic mass is 16.5. The summed E-state index contributed by atoms with van der Waals surface area (Å²) in [6, 6.07) is 7.84. The summed E-state index contributed by atoms with van der Waals surface area (Å²) in [6.45, 7) is 4.82. The molecular formula is C19H18N4O2. The molecule has 0 radical (unpaired) electrons. The minimum Gasteiger partial charge on any atom is -0.361 e. The van der Waals surface area contributed by atoms with E-state index in [0.29, 0.717) is 18.6 Å². The molecule has 0 amide bonds. The van der Waals surface area contributed by atoms with Gasteiger partial charge >= 0.3 is 0 Å². The molecule has 0 aliphatic rings. The van der Waals surface area contributed by atoms with Crippen LogP contribution < -0.4 is 5.56 Å². The van der Waals surface area contributed by atoms with E-state index in [4.69, 9.17) is 4.52 Å². The van der Waals surface area contributed by atoms with Crippen LogP contribution in [-0.4, -0.2) is 19.3 Å². The Bertz CT molecular complexity index is 1070. The molecule has 0 aliphatic heterocycles. The zero-order valence-electron chi connectivity index (χ0n) is 14.1. The van der Waals surface area contributed by atoms with E-state index < -0.39 is 0 Å². The van der Waals surface area contributed by atoms with Gasteiger partial charge in [-0.15, -0.1) is 0 Å². The third kappa shape index (κ3) is 2.76. The van der Waals surface area contributed by atoms with Gasteiger partial charge in [0.05, 0.1) is 12.2 Å². The maximum atomic E-state index is 13.0. The molecule has 6 heteroatoms. The maximum Gasteiger partial charge on any atom is 0.275 e. The molecule has 0 N–H and O–H groups in total. The molecule has 0 unspecified atom stereocenters. The van der Waals surface area contributed by atoms with Crippen molar-refractivity contribution in [1.82, 2.24) is 19.3 Å².